The maximum atomic E-state index is 6.49. The summed E-state index contributed by atoms with van der Waals surface area (Å²) >= 11 is 0. The summed E-state index contributed by atoms with van der Waals surface area (Å²) in [6.07, 6.45) is 0. The van der Waals surface area contributed by atoms with Crippen LogP contribution in [0, 0.1) is 0 Å². The van der Waals surface area contributed by atoms with E-state index in [4.69, 9.17) is 4.42 Å². The van der Waals surface area contributed by atoms with Crippen LogP contribution in [0.4, 0.5) is 17.1 Å². The van der Waals surface area contributed by atoms with Crippen molar-refractivity contribution in [2.75, 3.05) is 4.90 Å². The highest BCUT2D eigenvalue weighted by Gasteiger charge is 2.19. The Hall–Kier alpha value is -7.36. The zero-order valence-electron chi connectivity index (χ0n) is 29.9. The van der Waals surface area contributed by atoms with Gasteiger partial charge in [0.15, 0.2) is 0 Å². The van der Waals surface area contributed by atoms with Gasteiger partial charge in [-0.15, -0.1) is 0 Å². The Bertz CT molecular complexity index is 3190. The van der Waals surface area contributed by atoms with Crippen molar-refractivity contribution in [1.29, 1.82) is 0 Å². The highest BCUT2D eigenvalue weighted by molar-refractivity contribution is 6.12. The van der Waals surface area contributed by atoms with E-state index in [-0.39, 0.29) is 0 Å². The summed E-state index contributed by atoms with van der Waals surface area (Å²) < 4.78 is 8.88. The number of hydrogen-bond acceptors (Lipinski definition) is 2. The van der Waals surface area contributed by atoms with Crippen molar-refractivity contribution in [3.63, 3.8) is 0 Å². The van der Waals surface area contributed by atoms with Gasteiger partial charge in [-0.2, -0.15) is 0 Å². The predicted molar refractivity (Wildman–Crippen MR) is 231 cm³/mol. The van der Waals surface area contributed by atoms with E-state index in [0.29, 0.717) is 0 Å². The molecule has 0 aliphatic rings. The van der Waals surface area contributed by atoms with Crippen molar-refractivity contribution in [3.05, 3.63) is 206 Å². The van der Waals surface area contributed by atoms with Gasteiger partial charge in [0.2, 0.25) is 0 Å². The van der Waals surface area contributed by atoms with Crippen molar-refractivity contribution < 1.29 is 4.42 Å². The van der Waals surface area contributed by atoms with Crippen LogP contribution in [0.1, 0.15) is 0 Å². The van der Waals surface area contributed by atoms with Crippen LogP contribution in [0.5, 0.6) is 0 Å². The van der Waals surface area contributed by atoms with E-state index < -0.39 is 0 Å². The van der Waals surface area contributed by atoms with Gasteiger partial charge in [0.1, 0.15) is 11.2 Å². The lowest BCUT2D eigenvalue weighted by Crippen LogP contribution is -2.10. The van der Waals surface area contributed by atoms with Gasteiger partial charge in [0, 0.05) is 49.6 Å². The number of hydrogen-bond donors (Lipinski definition) is 0. The summed E-state index contributed by atoms with van der Waals surface area (Å²) in [4.78, 5) is 2.40. The molecule has 0 saturated carbocycles. The fourth-order valence-corrected chi connectivity index (χ4v) is 8.41. The average Bonchev–Trinajstić information content (AvgIpc) is 3.80. The maximum Gasteiger partial charge on any atom is 0.143 e. The fraction of sp³-hybridized carbons (Fsp3) is 0. The summed E-state index contributed by atoms with van der Waals surface area (Å²) in [5.74, 6) is 0. The molecule has 9 aromatic carbocycles. The molecular weight excluding hydrogens is 669 g/mol. The van der Waals surface area contributed by atoms with Crippen LogP contribution < -0.4 is 4.90 Å². The van der Waals surface area contributed by atoms with Gasteiger partial charge in [-0.3, -0.25) is 0 Å². The lowest BCUT2D eigenvalue weighted by molar-refractivity contribution is 0.670. The first-order valence-electron chi connectivity index (χ1n) is 18.8. The minimum absolute atomic E-state index is 0.893. The van der Waals surface area contributed by atoms with E-state index >= 15 is 0 Å². The molecule has 3 heteroatoms. The number of anilines is 3. The van der Waals surface area contributed by atoms with Gasteiger partial charge in [0.25, 0.3) is 0 Å². The Morgan fingerprint density at radius 2 is 1.04 bits per heavy atom. The summed E-state index contributed by atoms with van der Waals surface area (Å²) in [5, 5.41) is 7.12. The van der Waals surface area contributed by atoms with Crippen molar-refractivity contribution >= 4 is 71.6 Å². The predicted octanol–water partition coefficient (Wildman–Crippen LogP) is 14.6. The van der Waals surface area contributed by atoms with E-state index in [0.717, 1.165) is 66.9 Å². The first-order chi connectivity index (χ1) is 27.3. The number of benzene rings is 9. The van der Waals surface area contributed by atoms with Crippen molar-refractivity contribution in [3.8, 4) is 27.9 Å². The Morgan fingerprint density at radius 1 is 0.382 bits per heavy atom. The summed E-state index contributed by atoms with van der Waals surface area (Å²) in [7, 11) is 0. The number of fused-ring (bicyclic) bond motifs is 7. The third-order valence-electron chi connectivity index (χ3n) is 11.0. The molecule has 3 nitrogen and oxygen atoms in total. The van der Waals surface area contributed by atoms with Crippen molar-refractivity contribution in [1.82, 2.24) is 4.57 Å². The lowest BCUT2D eigenvalue weighted by atomic mass is 10.00. The summed E-state index contributed by atoms with van der Waals surface area (Å²) in [6.45, 7) is 0. The molecule has 11 aromatic rings. The van der Waals surface area contributed by atoms with Gasteiger partial charge < -0.3 is 13.9 Å². The number of rotatable bonds is 6. The van der Waals surface area contributed by atoms with Crippen LogP contribution in [0.25, 0.3) is 82.5 Å². The highest BCUT2D eigenvalue weighted by Crippen LogP contribution is 2.43. The van der Waals surface area contributed by atoms with Gasteiger partial charge in [-0.05, 0) is 82.7 Å². The zero-order valence-corrected chi connectivity index (χ0v) is 29.9. The first-order valence-corrected chi connectivity index (χ1v) is 18.8. The molecule has 0 saturated heterocycles. The molecule has 0 amide bonds. The normalized spacial score (nSPS) is 11.6. The third-order valence-corrected chi connectivity index (χ3v) is 11.0. The molecule has 0 aliphatic heterocycles. The molecule has 0 radical (unpaired) electrons. The Balaban J connectivity index is 1.06. The molecule has 2 heterocycles. The SMILES string of the molecule is c1ccc(-c2cccc3c2oc2ccc(-c4ccc(N(c5ccc6c7ccccc7n(-c7ccccc7)c6c5)c5cccc6ccccc56)cc4)cc23)cc1. The van der Waals surface area contributed by atoms with E-state index in [9.17, 15) is 0 Å². The van der Waals surface area contributed by atoms with Gasteiger partial charge in [-0.1, -0.05) is 146 Å². The molecule has 2 aromatic heterocycles. The Labute approximate surface area is 318 Å². The van der Waals surface area contributed by atoms with Crippen molar-refractivity contribution in [2.45, 2.75) is 0 Å². The van der Waals surface area contributed by atoms with Crippen LogP contribution in [-0.2, 0) is 0 Å². The van der Waals surface area contributed by atoms with Crippen LogP contribution >= 0.6 is 0 Å². The topological polar surface area (TPSA) is 21.3 Å². The Kier molecular flexibility index (Phi) is 7.17. The van der Waals surface area contributed by atoms with E-state index in [2.05, 4.69) is 210 Å². The van der Waals surface area contributed by atoms with Crippen LogP contribution in [0.15, 0.2) is 211 Å². The minimum Gasteiger partial charge on any atom is -0.455 e. The summed E-state index contributed by atoms with van der Waals surface area (Å²) in [6, 6.07) is 73.9. The fourth-order valence-electron chi connectivity index (χ4n) is 8.41. The molecule has 0 unspecified atom stereocenters. The average molecular weight is 703 g/mol. The molecule has 0 aliphatic carbocycles. The molecule has 0 N–H and O–H groups in total. The monoisotopic (exact) mass is 702 g/mol. The number of furan rings is 1. The molecule has 0 spiro atoms. The molecule has 11 rings (SSSR count). The van der Waals surface area contributed by atoms with Crippen LogP contribution in [0.2, 0.25) is 0 Å². The largest absolute Gasteiger partial charge is 0.455 e. The molecular formula is C52H34N2O. The molecule has 55 heavy (non-hydrogen) atoms. The van der Waals surface area contributed by atoms with Gasteiger partial charge in [0.05, 0.1) is 16.7 Å². The van der Waals surface area contributed by atoms with Gasteiger partial charge in [-0.25, -0.2) is 0 Å². The second-order valence-electron chi connectivity index (χ2n) is 14.1. The third kappa shape index (κ3) is 5.13. The number of aromatic nitrogens is 1. The number of nitrogens with zero attached hydrogens (tertiary/aromatic N) is 2. The lowest BCUT2D eigenvalue weighted by Gasteiger charge is -2.27. The van der Waals surface area contributed by atoms with Gasteiger partial charge >= 0.3 is 0 Å². The smallest absolute Gasteiger partial charge is 0.143 e. The highest BCUT2D eigenvalue weighted by atomic mass is 16.3. The minimum atomic E-state index is 0.893. The van der Waals surface area contributed by atoms with Crippen LogP contribution in [-0.4, -0.2) is 4.57 Å². The second-order valence-corrected chi connectivity index (χ2v) is 14.1. The molecule has 258 valence electrons. The van der Waals surface area contributed by atoms with E-state index in [1.54, 1.807) is 0 Å². The standard InChI is InChI=1S/C52H34N2O/c1-3-13-37(14-4-1)43-21-12-22-46-47-33-38(27-32-51(47)55-52(43)46)35-25-28-40(29-26-35)53(48-24-11-16-36-15-7-8-19-42(36)48)41-30-31-45-44-20-9-10-23-49(44)54(50(45)34-41)39-17-5-2-6-18-39/h1-34H. The zero-order chi connectivity index (χ0) is 36.3. The first kappa shape index (κ1) is 31.2. The van der Waals surface area contributed by atoms with Crippen molar-refractivity contribution in [2.24, 2.45) is 0 Å². The van der Waals surface area contributed by atoms with E-state index in [1.807, 2.05) is 6.07 Å². The summed E-state index contributed by atoms with van der Waals surface area (Å²) in [5.41, 5.74) is 13.2. The number of para-hydroxylation sites is 3. The van der Waals surface area contributed by atoms with Crippen LogP contribution in [0.3, 0.4) is 0 Å². The van der Waals surface area contributed by atoms with E-state index in [1.165, 1.54) is 32.6 Å². The quantitative estimate of drug-likeness (QED) is 0.172. The molecule has 0 atom stereocenters. The molecule has 0 fully saturated rings. The Morgan fingerprint density at radius 3 is 1.89 bits per heavy atom. The maximum absolute atomic E-state index is 6.49. The molecule has 0 bridgehead atoms. The second kappa shape index (κ2) is 12.6.